The van der Waals surface area contributed by atoms with Crippen molar-refractivity contribution in [2.75, 3.05) is 23.3 Å². The third kappa shape index (κ3) is 2.94. The summed E-state index contributed by atoms with van der Waals surface area (Å²) >= 11 is 0. The first kappa shape index (κ1) is 13.4. The van der Waals surface area contributed by atoms with E-state index >= 15 is 0 Å². The van der Waals surface area contributed by atoms with Gasteiger partial charge in [0.2, 0.25) is 5.56 Å². The molecule has 2 aromatic rings. The van der Waals surface area contributed by atoms with Gasteiger partial charge in [0.1, 0.15) is 0 Å². The Morgan fingerprint density at radius 1 is 1.24 bits per heavy atom. The number of nitrogens with one attached hydrogen (secondary N) is 2. The molecule has 0 unspecified atom stereocenters. The van der Waals surface area contributed by atoms with E-state index in [2.05, 4.69) is 20.2 Å². The number of nitrogens with zero attached hydrogens (tertiary/aromatic N) is 2. The zero-order valence-electron chi connectivity index (χ0n) is 11.5. The lowest BCUT2D eigenvalue weighted by atomic mass is 10.2. The van der Waals surface area contributed by atoms with E-state index in [-0.39, 0.29) is 11.5 Å². The van der Waals surface area contributed by atoms with Crippen molar-refractivity contribution >= 4 is 17.4 Å². The molecule has 2 aromatic heterocycles. The molecular weight excluding hydrogens is 268 g/mol. The van der Waals surface area contributed by atoms with Crippen LogP contribution in [0.2, 0.25) is 0 Å². The summed E-state index contributed by atoms with van der Waals surface area (Å²) in [6, 6.07) is 6.46. The van der Waals surface area contributed by atoms with E-state index in [0.717, 1.165) is 31.7 Å². The Morgan fingerprint density at radius 3 is 2.76 bits per heavy atom. The fourth-order valence-electron chi connectivity index (χ4n) is 2.42. The molecule has 6 heteroatoms. The zero-order chi connectivity index (χ0) is 14.7. The van der Waals surface area contributed by atoms with Gasteiger partial charge in [-0.3, -0.25) is 9.59 Å². The Balaban J connectivity index is 1.82. The maximum absolute atomic E-state index is 12.2. The molecule has 6 nitrogen and oxygen atoms in total. The van der Waals surface area contributed by atoms with Gasteiger partial charge in [-0.05, 0) is 31.0 Å². The number of aromatic amines is 1. The maximum atomic E-state index is 12.2. The SMILES string of the molecule is O=C(Nc1cccnc1N1CCCC1)c1ccc(=O)[nH]c1. The van der Waals surface area contributed by atoms with Gasteiger partial charge in [-0.1, -0.05) is 0 Å². The van der Waals surface area contributed by atoms with E-state index in [0.29, 0.717) is 11.3 Å². The Bertz CT molecular complexity index is 684. The summed E-state index contributed by atoms with van der Waals surface area (Å²) in [4.78, 5) is 32.3. The number of hydrogen-bond acceptors (Lipinski definition) is 4. The highest BCUT2D eigenvalue weighted by atomic mass is 16.1. The highest BCUT2D eigenvalue weighted by molar-refractivity contribution is 6.05. The van der Waals surface area contributed by atoms with Crippen molar-refractivity contribution in [2.45, 2.75) is 12.8 Å². The highest BCUT2D eigenvalue weighted by Crippen LogP contribution is 2.26. The number of amides is 1. The van der Waals surface area contributed by atoms with Crippen molar-refractivity contribution < 1.29 is 4.79 Å². The predicted octanol–water partition coefficient (Wildman–Crippen LogP) is 1.62. The molecule has 3 rings (SSSR count). The van der Waals surface area contributed by atoms with Crippen molar-refractivity contribution in [1.82, 2.24) is 9.97 Å². The summed E-state index contributed by atoms with van der Waals surface area (Å²) in [7, 11) is 0. The smallest absolute Gasteiger partial charge is 0.257 e. The minimum Gasteiger partial charge on any atom is -0.355 e. The molecule has 0 aliphatic carbocycles. The van der Waals surface area contributed by atoms with Crippen LogP contribution in [0.4, 0.5) is 11.5 Å². The second kappa shape index (κ2) is 5.78. The van der Waals surface area contributed by atoms with Gasteiger partial charge < -0.3 is 15.2 Å². The largest absolute Gasteiger partial charge is 0.355 e. The Labute approximate surface area is 121 Å². The lowest BCUT2D eigenvalue weighted by Gasteiger charge is -2.19. The first-order valence-corrected chi connectivity index (χ1v) is 6.94. The average Bonchev–Trinajstić information content (AvgIpc) is 3.02. The van der Waals surface area contributed by atoms with Gasteiger partial charge in [-0.25, -0.2) is 4.98 Å². The van der Waals surface area contributed by atoms with Crippen LogP contribution in [0.15, 0.2) is 41.5 Å². The summed E-state index contributed by atoms with van der Waals surface area (Å²) < 4.78 is 0. The van der Waals surface area contributed by atoms with Crippen LogP contribution in [0.3, 0.4) is 0 Å². The summed E-state index contributed by atoms with van der Waals surface area (Å²) in [6.45, 7) is 1.91. The lowest BCUT2D eigenvalue weighted by Crippen LogP contribution is -2.22. The van der Waals surface area contributed by atoms with Crippen molar-refractivity contribution in [2.24, 2.45) is 0 Å². The molecule has 3 heterocycles. The number of H-pyrrole nitrogens is 1. The molecule has 0 aromatic carbocycles. The molecule has 108 valence electrons. The second-order valence-corrected chi connectivity index (χ2v) is 4.96. The third-order valence-corrected chi connectivity index (χ3v) is 3.49. The predicted molar refractivity (Wildman–Crippen MR) is 80.7 cm³/mol. The topological polar surface area (TPSA) is 78.1 Å². The minimum absolute atomic E-state index is 0.231. The van der Waals surface area contributed by atoms with Gasteiger partial charge in [0.25, 0.3) is 5.91 Å². The molecule has 0 radical (unpaired) electrons. The normalized spacial score (nSPS) is 14.2. The van der Waals surface area contributed by atoms with Gasteiger partial charge in [0.05, 0.1) is 11.3 Å². The Kier molecular flexibility index (Phi) is 3.68. The van der Waals surface area contributed by atoms with Crippen LogP contribution in [-0.2, 0) is 0 Å². The van der Waals surface area contributed by atoms with Crippen LogP contribution in [0.25, 0.3) is 0 Å². The monoisotopic (exact) mass is 284 g/mol. The lowest BCUT2D eigenvalue weighted by molar-refractivity contribution is 0.102. The highest BCUT2D eigenvalue weighted by Gasteiger charge is 2.18. The molecule has 0 spiro atoms. The van der Waals surface area contributed by atoms with E-state index in [9.17, 15) is 9.59 Å². The zero-order valence-corrected chi connectivity index (χ0v) is 11.5. The van der Waals surface area contributed by atoms with Crippen LogP contribution >= 0.6 is 0 Å². The van der Waals surface area contributed by atoms with Gasteiger partial charge in [0, 0.05) is 31.5 Å². The molecule has 1 amide bonds. The van der Waals surface area contributed by atoms with Gasteiger partial charge >= 0.3 is 0 Å². The molecule has 1 saturated heterocycles. The number of anilines is 2. The number of aromatic nitrogens is 2. The van der Waals surface area contributed by atoms with Crippen molar-refractivity contribution in [1.29, 1.82) is 0 Å². The van der Waals surface area contributed by atoms with Crippen molar-refractivity contribution in [3.8, 4) is 0 Å². The first-order chi connectivity index (χ1) is 10.2. The number of carbonyl (C=O) groups is 1. The second-order valence-electron chi connectivity index (χ2n) is 4.96. The van der Waals surface area contributed by atoms with E-state index in [1.807, 2.05) is 6.07 Å². The standard InChI is InChI=1S/C15H16N4O2/c20-13-6-5-11(10-17-13)15(21)18-12-4-3-7-16-14(12)19-8-1-2-9-19/h3-7,10H,1-2,8-9H2,(H,17,20)(H,18,21). The Morgan fingerprint density at radius 2 is 2.05 bits per heavy atom. The van der Waals surface area contributed by atoms with E-state index in [4.69, 9.17) is 0 Å². The van der Waals surface area contributed by atoms with Gasteiger partial charge in [-0.2, -0.15) is 0 Å². The molecule has 2 N–H and O–H groups in total. The fraction of sp³-hybridized carbons (Fsp3) is 0.267. The minimum atomic E-state index is -0.264. The molecular formula is C15H16N4O2. The van der Waals surface area contributed by atoms with Crippen molar-refractivity contribution in [3.05, 3.63) is 52.6 Å². The maximum Gasteiger partial charge on any atom is 0.257 e. The van der Waals surface area contributed by atoms with E-state index in [1.165, 1.54) is 18.3 Å². The number of rotatable bonds is 3. The van der Waals surface area contributed by atoms with E-state index < -0.39 is 0 Å². The molecule has 0 saturated carbocycles. The van der Waals surface area contributed by atoms with Crippen LogP contribution < -0.4 is 15.8 Å². The van der Waals surface area contributed by atoms with Crippen LogP contribution in [0.5, 0.6) is 0 Å². The number of pyridine rings is 2. The van der Waals surface area contributed by atoms with Crippen LogP contribution in [0.1, 0.15) is 23.2 Å². The van der Waals surface area contributed by atoms with Crippen molar-refractivity contribution in [3.63, 3.8) is 0 Å². The van der Waals surface area contributed by atoms with Crippen LogP contribution in [-0.4, -0.2) is 29.0 Å². The van der Waals surface area contributed by atoms with Gasteiger partial charge in [-0.15, -0.1) is 0 Å². The quantitative estimate of drug-likeness (QED) is 0.898. The summed E-state index contributed by atoms with van der Waals surface area (Å²) in [5, 5.41) is 2.86. The average molecular weight is 284 g/mol. The number of hydrogen-bond donors (Lipinski definition) is 2. The molecule has 1 aliphatic heterocycles. The molecule has 21 heavy (non-hydrogen) atoms. The van der Waals surface area contributed by atoms with E-state index in [1.54, 1.807) is 12.3 Å². The molecule has 1 fully saturated rings. The summed E-state index contributed by atoms with van der Waals surface area (Å²) in [6.07, 6.45) is 5.42. The molecule has 0 bridgehead atoms. The summed E-state index contributed by atoms with van der Waals surface area (Å²) in [5.74, 6) is 0.535. The van der Waals surface area contributed by atoms with Crippen LogP contribution in [0, 0.1) is 0 Å². The number of carbonyl (C=O) groups excluding carboxylic acids is 1. The fourth-order valence-corrected chi connectivity index (χ4v) is 2.42. The summed E-state index contributed by atoms with van der Waals surface area (Å²) in [5.41, 5.74) is 0.868. The third-order valence-electron chi connectivity index (χ3n) is 3.49. The molecule has 1 aliphatic rings. The Hall–Kier alpha value is -2.63. The van der Waals surface area contributed by atoms with Gasteiger partial charge in [0.15, 0.2) is 5.82 Å². The first-order valence-electron chi connectivity index (χ1n) is 6.94. The molecule has 0 atom stereocenters.